The first-order valence-corrected chi connectivity index (χ1v) is 13.0. The number of phenolic OH excluding ortho intramolecular Hbond substituents is 2. The van der Waals surface area contributed by atoms with Crippen LogP contribution >= 0.6 is 0 Å². The lowest BCUT2D eigenvalue weighted by Gasteiger charge is -2.42. The number of hydrogen-bond donors (Lipinski definition) is 8. The van der Waals surface area contributed by atoms with Crippen LogP contribution in [-0.4, -0.2) is 115 Å². The average Bonchev–Trinajstić information content (AvgIpc) is 2.94. The van der Waals surface area contributed by atoms with Gasteiger partial charge in [-0.1, -0.05) is 12.1 Å². The zero-order valence-electron chi connectivity index (χ0n) is 21.8. The lowest BCUT2D eigenvalue weighted by Crippen LogP contribution is -2.61. The van der Waals surface area contributed by atoms with Gasteiger partial charge in [-0.3, -0.25) is 4.79 Å². The first kappa shape index (κ1) is 29.4. The van der Waals surface area contributed by atoms with Gasteiger partial charge in [0.1, 0.15) is 77.4 Å². The summed E-state index contributed by atoms with van der Waals surface area (Å²) in [6, 6.07) is 8.51. The molecule has 2 saturated heterocycles. The summed E-state index contributed by atoms with van der Waals surface area (Å²) in [5.41, 5.74) is 0.550. The van der Waals surface area contributed by atoms with E-state index in [0.29, 0.717) is 5.56 Å². The van der Waals surface area contributed by atoms with Crippen molar-refractivity contribution in [2.45, 2.75) is 80.9 Å². The van der Waals surface area contributed by atoms with Gasteiger partial charge in [0.25, 0.3) is 0 Å². The average molecular weight is 581 g/mol. The Labute approximate surface area is 233 Å². The van der Waals surface area contributed by atoms with Gasteiger partial charge in [-0.05, 0) is 24.6 Å². The maximum absolute atomic E-state index is 12.8. The van der Waals surface area contributed by atoms with Crippen LogP contribution in [0.25, 0.3) is 0 Å². The van der Waals surface area contributed by atoms with Gasteiger partial charge in [0, 0.05) is 12.1 Å². The molecule has 0 unspecified atom stereocenters. The second kappa shape index (κ2) is 11.7. The second-order valence-corrected chi connectivity index (χ2v) is 10.3. The Bertz CT molecular complexity index is 1240. The van der Waals surface area contributed by atoms with E-state index in [9.17, 15) is 45.6 Å². The van der Waals surface area contributed by atoms with Gasteiger partial charge in [0.2, 0.25) is 6.29 Å². The van der Waals surface area contributed by atoms with Gasteiger partial charge in [0.05, 0.1) is 19.1 Å². The van der Waals surface area contributed by atoms with E-state index in [2.05, 4.69) is 0 Å². The quantitative estimate of drug-likeness (QED) is 0.202. The van der Waals surface area contributed by atoms with E-state index in [1.54, 1.807) is 12.1 Å². The molecule has 0 aromatic heterocycles. The number of carbonyl (C=O) groups excluding carboxylic acids is 1. The molecule has 8 N–H and O–H groups in total. The minimum atomic E-state index is -1.76. The van der Waals surface area contributed by atoms with Crippen molar-refractivity contribution in [1.82, 2.24) is 0 Å². The molecule has 0 aliphatic carbocycles. The van der Waals surface area contributed by atoms with Crippen molar-refractivity contribution in [3.05, 3.63) is 47.5 Å². The van der Waals surface area contributed by atoms with Gasteiger partial charge in [0.15, 0.2) is 12.1 Å². The number of rotatable bonds is 6. The van der Waals surface area contributed by atoms with Crippen LogP contribution in [-0.2, 0) is 14.2 Å². The number of carbonyl (C=O) groups is 1. The highest BCUT2D eigenvalue weighted by Crippen LogP contribution is 2.42. The third-order valence-electron chi connectivity index (χ3n) is 7.39. The molecular weight excluding hydrogens is 548 g/mol. The van der Waals surface area contributed by atoms with E-state index >= 15 is 0 Å². The van der Waals surface area contributed by atoms with Gasteiger partial charge < -0.3 is 64.5 Å². The molecule has 14 nitrogen and oxygen atoms in total. The number of aromatic hydroxyl groups is 2. The summed E-state index contributed by atoms with van der Waals surface area (Å²) in [6.07, 6.45) is -15.6. The molecule has 2 aromatic rings. The van der Waals surface area contributed by atoms with Crippen molar-refractivity contribution in [2.24, 2.45) is 0 Å². The van der Waals surface area contributed by atoms with Crippen molar-refractivity contribution in [2.75, 3.05) is 6.61 Å². The summed E-state index contributed by atoms with van der Waals surface area (Å²) in [5.74, 6) is -0.893. The minimum Gasteiger partial charge on any atom is -0.508 e. The predicted molar refractivity (Wildman–Crippen MR) is 134 cm³/mol. The highest BCUT2D eigenvalue weighted by Gasteiger charge is 2.47. The molecule has 3 aliphatic heterocycles. The summed E-state index contributed by atoms with van der Waals surface area (Å²) in [4.78, 5) is 12.8. The second-order valence-electron chi connectivity index (χ2n) is 10.3. The maximum atomic E-state index is 12.8. The summed E-state index contributed by atoms with van der Waals surface area (Å²) in [5, 5.41) is 81.5. The van der Waals surface area contributed by atoms with Gasteiger partial charge in [-0.15, -0.1) is 0 Å². The van der Waals surface area contributed by atoms with Crippen molar-refractivity contribution >= 4 is 5.78 Å². The van der Waals surface area contributed by atoms with E-state index in [-0.39, 0.29) is 29.2 Å². The number of fused-ring (bicyclic) bond motifs is 1. The molecule has 3 heterocycles. The fourth-order valence-electron chi connectivity index (χ4n) is 4.98. The maximum Gasteiger partial charge on any atom is 0.229 e. The topological polar surface area (TPSA) is 225 Å². The Morgan fingerprint density at radius 3 is 2.20 bits per heavy atom. The first-order chi connectivity index (χ1) is 19.4. The summed E-state index contributed by atoms with van der Waals surface area (Å²) in [6.45, 7) is 0.980. The van der Waals surface area contributed by atoms with Crippen LogP contribution in [0.5, 0.6) is 23.0 Å². The van der Waals surface area contributed by atoms with E-state index in [0.717, 1.165) is 6.07 Å². The highest BCUT2D eigenvalue weighted by molar-refractivity contribution is 6.02. The zero-order chi connectivity index (χ0) is 29.6. The van der Waals surface area contributed by atoms with Crippen molar-refractivity contribution < 1.29 is 69.3 Å². The molecular formula is C27H32O14. The molecule has 0 bridgehead atoms. The number of phenols is 2. The first-order valence-electron chi connectivity index (χ1n) is 13.0. The van der Waals surface area contributed by atoms with Crippen LogP contribution in [0.1, 0.15) is 35.4 Å². The van der Waals surface area contributed by atoms with E-state index in [1.807, 2.05) is 0 Å². The van der Waals surface area contributed by atoms with Crippen molar-refractivity contribution in [3.63, 3.8) is 0 Å². The zero-order valence-corrected chi connectivity index (χ0v) is 21.8. The minimum absolute atomic E-state index is 0.00149. The van der Waals surface area contributed by atoms with Crippen LogP contribution in [0.15, 0.2) is 36.4 Å². The molecule has 2 aromatic carbocycles. The molecule has 14 heteroatoms. The molecule has 3 aliphatic rings. The van der Waals surface area contributed by atoms with Gasteiger partial charge in [-0.2, -0.15) is 0 Å². The smallest absolute Gasteiger partial charge is 0.229 e. The molecule has 0 amide bonds. The third-order valence-corrected chi connectivity index (χ3v) is 7.39. The number of benzene rings is 2. The predicted octanol–water partition coefficient (Wildman–Crippen LogP) is -1.17. The fraction of sp³-hybridized carbons (Fsp3) is 0.519. The van der Waals surface area contributed by atoms with Gasteiger partial charge in [-0.25, -0.2) is 0 Å². The number of ether oxygens (including phenoxy) is 5. The molecule has 224 valence electrons. The van der Waals surface area contributed by atoms with Crippen LogP contribution in [0.2, 0.25) is 0 Å². The molecule has 41 heavy (non-hydrogen) atoms. The summed E-state index contributed by atoms with van der Waals surface area (Å²) < 4.78 is 28.0. The van der Waals surface area contributed by atoms with Crippen molar-refractivity contribution in [1.29, 1.82) is 0 Å². The monoisotopic (exact) mass is 580 g/mol. The molecule has 11 atom stereocenters. The highest BCUT2D eigenvalue weighted by atomic mass is 16.7. The van der Waals surface area contributed by atoms with Crippen LogP contribution < -0.4 is 9.47 Å². The Kier molecular flexibility index (Phi) is 8.39. The number of aliphatic hydroxyl groups is 6. The molecule has 0 radical (unpaired) electrons. The normalized spacial score (nSPS) is 37.2. The van der Waals surface area contributed by atoms with Crippen LogP contribution in [0.4, 0.5) is 0 Å². The van der Waals surface area contributed by atoms with Gasteiger partial charge >= 0.3 is 0 Å². The Balaban J connectivity index is 1.30. The molecule has 5 rings (SSSR count). The molecule has 0 saturated carbocycles. The number of ketones is 1. The molecule has 0 spiro atoms. The Morgan fingerprint density at radius 1 is 0.829 bits per heavy atom. The number of hydrogen-bond acceptors (Lipinski definition) is 14. The number of Topliss-reactive ketones (excluding diaryl/α,β-unsaturated/α-hetero) is 1. The number of aliphatic hydroxyl groups excluding tert-OH is 6. The SMILES string of the molecule is C[C@H]1O[C@@H](OC[C@@H]2O[C@@H](Oc3cc(O)c4c(c3)O[C@H](c3ccc(O)cc3)CC4=O)[C@H](O)[C@@H](O)[C@@H]2O)[C@H](O)[C@H](O)[C@H]1O. The van der Waals surface area contributed by atoms with Crippen LogP contribution in [0, 0.1) is 0 Å². The lowest BCUT2D eigenvalue weighted by atomic mass is 9.95. The fourth-order valence-corrected chi connectivity index (χ4v) is 4.98. The van der Waals surface area contributed by atoms with E-state index in [4.69, 9.17) is 23.7 Å². The lowest BCUT2D eigenvalue weighted by molar-refractivity contribution is -0.318. The van der Waals surface area contributed by atoms with Crippen LogP contribution in [0.3, 0.4) is 0 Å². The van der Waals surface area contributed by atoms with Crippen molar-refractivity contribution in [3.8, 4) is 23.0 Å². The Morgan fingerprint density at radius 2 is 1.49 bits per heavy atom. The Hall–Kier alpha value is -3.05. The summed E-state index contributed by atoms with van der Waals surface area (Å²) in [7, 11) is 0. The van der Waals surface area contributed by atoms with E-state index in [1.165, 1.54) is 25.1 Å². The van der Waals surface area contributed by atoms with E-state index < -0.39 is 85.7 Å². The largest absolute Gasteiger partial charge is 0.508 e. The standard InChI is InChI=1S/C27H32O14/c1-10-20(31)22(33)24(35)26(38-10)37-9-18-21(32)23(34)25(36)27(41-18)39-13-6-14(29)19-15(30)8-16(40-17(19)7-13)11-2-4-12(28)5-3-11/h2-7,10,16,18,20-29,31-36H,8-9H2,1H3/t10-,16+,18+,20+,21-,22-,23+,24-,25-,26-,27-/m1/s1. The molecule has 2 fully saturated rings. The third kappa shape index (κ3) is 5.83. The summed E-state index contributed by atoms with van der Waals surface area (Å²) >= 11 is 0.